The Balaban J connectivity index is 0.00000181. The van der Waals surface area contributed by atoms with E-state index in [4.69, 9.17) is 0 Å². The second kappa shape index (κ2) is 10.7. The first-order valence-electron chi connectivity index (χ1n) is 11.6. The summed E-state index contributed by atoms with van der Waals surface area (Å²) in [5, 5.41) is 0. The molecule has 0 saturated carbocycles. The standard InChI is InChI=1S/C13H9.C13H21.C3H6.2ClH.Zr/c1-3-7-12-10(5-1)9-11-6-2-4-8-13(11)12;1-6-10-8-11(7-2)12(9-10)13(3,4)5;1-3-2;;;/h1-9H;9-10H,6-7H2,1-5H3;1-2H3;2*1H;/q;;;;;+2/p-2. The Morgan fingerprint density at radius 1 is 0.844 bits per heavy atom. The van der Waals surface area contributed by atoms with Crippen molar-refractivity contribution in [3.63, 3.8) is 0 Å². The molecular formula is C29H36Cl2Zr. The van der Waals surface area contributed by atoms with E-state index in [2.05, 4.69) is 103 Å². The van der Waals surface area contributed by atoms with Crippen molar-refractivity contribution >= 4 is 3.21 Å². The van der Waals surface area contributed by atoms with Crippen molar-refractivity contribution < 1.29 is 46.1 Å². The molecule has 2 aromatic rings. The van der Waals surface area contributed by atoms with Gasteiger partial charge in [-0.05, 0) is 0 Å². The molecule has 0 fully saturated rings. The second-order valence-corrected chi connectivity index (χ2v) is 17.3. The summed E-state index contributed by atoms with van der Waals surface area (Å²) in [6, 6.07) is 18.5. The third-order valence-corrected chi connectivity index (χ3v) is 15.6. The van der Waals surface area contributed by atoms with Gasteiger partial charge in [-0.2, -0.15) is 0 Å². The maximum atomic E-state index is 2.66. The van der Waals surface area contributed by atoms with Gasteiger partial charge in [-0.25, -0.2) is 0 Å². The molecule has 0 heterocycles. The molecule has 0 radical (unpaired) electrons. The summed E-state index contributed by atoms with van der Waals surface area (Å²) in [5.41, 5.74) is 9.71. The summed E-state index contributed by atoms with van der Waals surface area (Å²) in [4.78, 5) is 0. The number of benzene rings is 2. The number of hydrogen-bond acceptors (Lipinski definition) is 0. The first-order valence-corrected chi connectivity index (χ1v) is 15.5. The van der Waals surface area contributed by atoms with Crippen LogP contribution in [0.3, 0.4) is 0 Å². The van der Waals surface area contributed by atoms with Crippen LogP contribution in [0.4, 0.5) is 0 Å². The molecule has 0 aliphatic heterocycles. The smallest absolute Gasteiger partial charge is 1.00 e. The third kappa shape index (κ3) is 4.60. The monoisotopic (exact) mass is 544 g/mol. The van der Waals surface area contributed by atoms with Crippen molar-refractivity contribution in [1.82, 2.24) is 0 Å². The number of halogens is 2. The Hall–Kier alpha value is -0.747. The SMILES string of the molecule is CCC1=[C]([Zr+2](=[C](C)C)[CH]2c3ccccc3-c3ccccc32)C(CC)C=C1C(C)(C)C.[Cl-].[Cl-]. The van der Waals surface area contributed by atoms with Crippen LogP contribution in [-0.4, -0.2) is 3.21 Å². The van der Waals surface area contributed by atoms with Gasteiger partial charge in [0.15, 0.2) is 0 Å². The molecule has 0 nitrogen and oxygen atoms in total. The van der Waals surface area contributed by atoms with Gasteiger partial charge < -0.3 is 24.8 Å². The molecule has 3 heteroatoms. The van der Waals surface area contributed by atoms with Crippen LogP contribution in [0.5, 0.6) is 0 Å². The summed E-state index contributed by atoms with van der Waals surface area (Å²) in [6.07, 6.45) is 5.05. The Bertz CT molecular complexity index is 1030. The van der Waals surface area contributed by atoms with E-state index in [0.29, 0.717) is 9.54 Å². The van der Waals surface area contributed by atoms with Gasteiger partial charge in [-0.15, -0.1) is 0 Å². The first kappa shape index (κ1) is 27.5. The van der Waals surface area contributed by atoms with E-state index in [9.17, 15) is 0 Å². The maximum Gasteiger partial charge on any atom is -1.00 e. The number of allylic oxidation sites excluding steroid dienone is 4. The molecule has 0 saturated heterocycles. The molecule has 170 valence electrons. The van der Waals surface area contributed by atoms with E-state index in [-0.39, 0.29) is 30.2 Å². The van der Waals surface area contributed by atoms with Crippen molar-refractivity contribution in [3.05, 3.63) is 80.2 Å². The fourth-order valence-corrected chi connectivity index (χ4v) is 15.2. The van der Waals surface area contributed by atoms with E-state index >= 15 is 0 Å². The molecule has 0 N–H and O–H groups in total. The molecule has 32 heavy (non-hydrogen) atoms. The summed E-state index contributed by atoms with van der Waals surface area (Å²) in [6.45, 7) is 16.9. The summed E-state index contributed by atoms with van der Waals surface area (Å²) in [5.74, 6) is 0.637. The fourth-order valence-electron chi connectivity index (χ4n) is 5.70. The van der Waals surface area contributed by atoms with Gasteiger partial charge in [0.2, 0.25) is 0 Å². The van der Waals surface area contributed by atoms with Crippen LogP contribution in [0.1, 0.15) is 76.1 Å². The van der Waals surface area contributed by atoms with Gasteiger partial charge in [0, 0.05) is 0 Å². The summed E-state index contributed by atoms with van der Waals surface area (Å²) < 4.78 is 4.24. The molecule has 1 unspecified atom stereocenters. The minimum atomic E-state index is -2.17. The van der Waals surface area contributed by atoms with Crippen LogP contribution >= 0.6 is 0 Å². The van der Waals surface area contributed by atoms with E-state index in [1.165, 1.54) is 24.0 Å². The van der Waals surface area contributed by atoms with Gasteiger partial charge in [0.1, 0.15) is 0 Å². The van der Waals surface area contributed by atoms with E-state index in [1.54, 1.807) is 25.5 Å². The van der Waals surface area contributed by atoms with E-state index in [1.807, 2.05) is 3.28 Å². The molecule has 1 atom stereocenters. The molecular weight excluding hydrogens is 510 g/mol. The molecule has 0 bridgehead atoms. The van der Waals surface area contributed by atoms with Gasteiger partial charge in [0.05, 0.1) is 0 Å². The molecule has 2 aromatic carbocycles. The predicted octanol–water partition coefficient (Wildman–Crippen LogP) is 2.27. The van der Waals surface area contributed by atoms with Crippen LogP contribution in [0.15, 0.2) is 69.0 Å². The Morgan fingerprint density at radius 3 is 1.75 bits per heavy atom. The minimum Gasteiger partial charge on any atom is -1.00 e. The maximum absolute atomic E-state index is 2.66. The van der Waals surface area contributed by atoms with Crippen LogP contribution in [-0.2, 0) is 21.3 Å². The van der Waals surface area contributed by atoms with Gasteiger partial charge in [-0.3, -0.25) is 0 Å². The fraction of sp³-hybridized carbons (Fsp3) is 0.414. The molecule has 0 spiro atoms. The number of rotatable bonds is 4. The zero-order chi connectivity index (χ0) is 21.6. The minimum absolute atomic E-state index is 0. The predicted molar refractivity (Wildman–Crippen MR) is 129 cm³/mol. The quantitative estimate of drug-likeness (QED) is 0.552. The normalized spacial score (nSPS) is 16.9. The molecule has 0 amide bonds. The van der Waals surface area contributed by atoms with Gasteiger partial charge in [0.25, 0.3) is 0 Å². The summed E-state index contributed by atoms with van der Waals surface area (Å²) in [7, 11) is 0. The number of fused-ring (bicyclic) bond motifs is 3. The molecule has 4 rings (SSSR count). The average molecular weight is 547 g/mol. The van der Waals surface area contributed by atoms with Crippen molar-refractivity contribution in [2.24, 2.45) is 11.3 Å². The third-order valence-electron chi connectivity index (χ3n) is 6.94. The zero-order valence-electron chi connectivity index (χ0n) is 20.5. The van der Waals surface area contributed by atoms with Crippen molar-refractivity contribution in [3.8, 4) is 11.1 Å². The topological polar surface area (TPSA) is 0 Å². The summed E-state index contributed by atoms with van der Waals surface area (Å²) >= 11 is -2.17. The molecule has 0 aromatic heterocycles. The Kier molecular flexibility index (Phi) is 9.17. The van der Waals surface area contributed by atoms with Crippen molar-refractivity contribution in [2.45, 2.75) is 64.9 Å². The molecule has 2 aliphatic carbocycles. The van der Waals surface area contributed by atoms with Crippen LogP contribution < -0.4 is 24.8 Å². The number of hydrogen-bond donors (Lipinski definition) is 0. The second-order valence-electron chi connectivity index (χ2n) is 10.1. The van der Waals surface area contributed by atoms with Crippen LogP contribution in [0.25, 0.3) is 11.1 Å². The van der Waals surface area contributed by atoms with E-state index < -0.39 is 21.3 Å². The Morgan fingerprint density at radius 2 is 1.34 bits per heavy atom. The zero-order valence-corrected chi connectivity index (χ0v) is 24.5. The van der Waals surface area contributed by atoms with E-state index in [0.717, 1.165) is 0 Å². The Labute approximate surface area is 215 Å². The van der Waals surface area contributed by atoms with Gasteiger partial charge in [-0.1, -0.05) is 0 Å². The largest absolute Gasteiger partial charge is 1.00 e. The van der Waals surface area contributed by atoms with Crippen LogP contribution in [0, 0.1) is 11.3 Å². The van der Waals surface area contributed by atoms with Crippen molar-refractivity contribution in [2.75, 3.05) is 0 Å². The van der Waals surface area contributed by atoms with Crippen molar-refractivity contribution in [1.29, 1.82) is 0 Å². The van der Waals surface area contributed by atoms with Gasteiger partial charge >= 0.3 is 192 Å². The molecule has 2 aliphatic rings. The average Bonchev–Trinajstić information content (AvgIpc) is 3.25. The first-order chi connectivity index (χ1) is 14.3. The van der Waals surface area contributed by atoms with Crippen LogP contribution in [0.2, 0.25) is 0 Å².